The van der Waals surface area contributed by atoms with E-state index in [0.717, 1.165) is 11.4 Å². The van der Waals surface area contributed by atoms with E-state index < -0.39 is 0 Å². The van der Waals surface area contributed by atoms with Crippen LogP contribution in [0.3, 0.4) is 0 Å². The molecular weight excluding hydrogens is 315 g/mol. The molecule has 3 aromatic rings. The molecule has 118 valence electrons. The molecule has 23 heavy (non-hydrogen) atoms. The van der Waals surface area contributed by atoms with Crippen LogP contribution in [0.2, 0.25) is 0 Å². The Bertz CT molecular complexity index is 800. The van der Waals surface area contributed by atoms with Crippen molar-refractivity contribution in [3.63, 3.8) is 0 Å². The Morgan fingerprint density at radius 2 is 2.35 bits per heavy atom. The highest BCUT2D eigenvalue weighted by atomic mass is 32.1. The Kier molecular flexibility index (Phi) is 4.47. The van der Waals surface area contributed by atoms with Gasteiger partial charge in [-0.1, -0.05) is 19.1 Å². The highest BCUT2D eigenvalue weighted by molar-refractivity contribution is 7.09. The number of carbonyl (C=O) groups excluding carboxylic acids is 1. The Hall–Kier alpha value is -2.54. The number of nitrogens with one attached hydrogen (secondary N) is 2. The van der Waals surface area contributed by atoms with Crippen LogP contribution < -0.4 is 5.32 Å². The zero-order chi connectivity index (χ0) is 16.2. The third kappa shape index (κ3) is 3.29. The molecule has 7 heteroatoms. The van der Waals surface area contributed by atoms with E-state index in [9.17, 15) is 9.18 Å². The van der Waals surface area contributed by atoms with Gasteiger partial charge in [-0.05, 0) is 18.6 Å². The lowest BCUT2D eigenvalue weighted by Gasteiger charge is -2.14. The fourth-order valence-corrected chi connectivity index (χ4v) is 3.08. The molecule has 0 aliphatic carbocycles. The van der Waals surface area contributed by atoms with E-state index in [4.69, 9.17) is 0 Å². The normalized spacial score (nSPS) is 12.1. The van der Waals surface area contributed by atoms with Crippen molar-refractivity contribution in [1.82, 2.24) is 20.5 Å². The van der Waals surface area contributed by atoms with E-state index in [1.165, 1.54) is 29.7 Å². The molecule has 0 aliphatic heterocycles. The predicted octanol–water partition coefficient (Wildman–Crippen LogP) is 3.55. The first kappa shape index (κ1) is 15.4. The van der Waals surface area contributed by atoms with Crippen molar-refractivity contribution in [1.29, 1.82) is 0 Å². The minimum Gasteiger partial charge on any atom is -0.343 e. The summed E-state index contributed by atoms with van der Waals surface area (Å²) in [6, 6.07) is 5.89. The molecule has 0 bridgehead atoms. The van der Waals surface area contributed by atoms with Crippen molar-refractivity contribution < 1.29 is 9.18 Å². The number of rotatable bonds is 5. The smallest absolute Gasteiger partial charge is 0.255 e. The second kappa shape index (κ2) is 6.70. The van der Waals surface area contributed by atoms with Gasteiger partial charge in [0.1, 0.15) is 10.8 Å². The molecule has 0 saturated heterocycles. The van der Waals surface area contributed by atoms with Gasteiger partial charge >= 0.3 is 0 Å². The van der Waals surface area contributed by atoms with Crippen LogP contribution in [0.1, 0.15) is 34.8 Å². The molecule has 1 amide bonds. The van der Waals surface area contributed by atoms with Crippen LogP contribution in [0.25, 0.3) is 11.3 Å². The molecule has 3 rings (SSSR count). The summed E-state index contributed by atoms with van der Waals surface area (Å²) in [6.07, 6.45) is 3.89. The van der Waals surface area contributed by atoms with Crippen molar-refractivity contribution in [2.24, 2.45) is 0 Å². The highest BCUT2D eigenvalue weighted by Crippen LogP contribution is 2.24. The standard InChI is InChI=1S/C16H15FN4OS/c1-2-13(16-18-6-7-23-16)20-15(22)12-9-19-21-14(12)10-4-3-5-11(17)8-10/h3-9,13H,2H2,1H3,(H,19,21)(H,20,22). The first-order valence-electron chi connectivity index (χ1n) is 7.18. The molecule has 0 spiro atoms. The van der Waals surface area contributed by atoms with Gasteiger partial charge in [0.25, 0.3) is 5.91 Å². The van der Waals surface area contributed by atoms with Crippen molar-refractivity contribution in [2.45, 2.75) is 19.4 Å². The third-order valence-corrected chi connectivity index (χ3v) is 4.35. The molecule has 0 saturated carbocycles. The van der Waals surface area contributed by atoms with Gasteiger partial charge in [-0.15, -0.1) is 11.3 Å². The third-order valence-electron chi connectivity index (χ3n) is 3.46. The summed E-state index contributed by atoms with van der Waals surface area (Å²) in [6.45, 7) is 1.98. The lowest BCUT2D eigenvalue weighted by molar-refractivity contribution is 0.0936. The fourth-order valence-electron chi connectivity index (χ4n) is 2.30. The zero-order valence-corrected chi connectivity index (χ0v) is 13.2. The SMILES string of the molecule is CCC(NC(=O)c1cn[nH]c1-c1cccc(F)c1)c1nccs1. The Labute approximate surface area is 136 Å². The molecule has 2 heterocycles. The number of carbonyl (C=O) groups is 1. The molecule has 1 atom stereocenters. The van der Waals surface area contributed by atoms with Gasteiger partial charge in [-0.25, -0.2) is 9.37 Å². The number of nitrogens with zero attached hydrogens (tertiary/aromatic N) is 2. The van der Waals surface area contributed by atoms with E-state index in [1.807, 2.05) is 12.3 Å². The van der Waals surface area contributed by atoms with Gasteiger partial charge in [-0.3, -0.25) is 9.89 Å². The van der Waals surface area contributed by atoms with Crippen LogP contribution in [0.5, 0.6) is 0 Å². The monoisotopic (exact) mass is 330 g/mol. The summed E-state index contributed by atoms with van der Waals surface area (Å²) < 4.78 is 13.4. The average Bonchev–Trinajstić information content (AvgIpc) is 3.23. The van der Waals surface area contributed by atoms with E-state index in [0.29, 0.717) is 16.8 Å². The second-order valence-corrected chi connectivity index (χ2v) is 5.90. The molecule has 1 aromatic carbocycles. The minimum absolute atomic E-state index is 0.155. The highest BCUT2D eigenvalue weighted by Gasteiger charge is 2.20. The van der Waals surface area contributed by atoms with E-state index >= 15 is 0 Å². The predicted molar refractivity (Wildman–Crippen MR) is 86.6 cm³/mol. The Morgan fingerprint density at radius 1 is 1.48 bits per heavy atom. The lowest BCUT2D eigenvalue weighted by atomic mass is 10.1. The van der Waals surface area contributed by atoms with Gasteiger partial charge in [-0.2, -0.15) is 5.10 Å². The van der Waals surface area contributed by atoms with Crippen LogP contribution >= 0.6 is 11.3 Å². The second-order valence-electron chi connectivity index (χ2n) is 4.97. The van der Waals surface area contributed by atoms with Gasteiger partial charge in [0.15, 0.2) is 0 Å². The molecule has 0 aliphatic rings. The number of hydrogen-bond acceptors (Lipinski definition) is 4. The molecule has 5 nitrogen and oxygen atoms in total. The van der Waals surface area contributed by atoms with Crippen LogP contribution in [0.4, 0.5) is 4.39 Å². The summed E-state index contributed by atoms with van der Waals surface area (Å²) in [4.78, 5) is 16.8. The number of hydrogen-bond donors (Lipinski definition) is 2. The van der Waals surface area contributed by atoms with Crippen molar-refractivity contribution in [2.75, 3.05) is 0 Å². The maximum Gasteiger partial charge on any atom is 0.255 e. The van der Waals surface area contributed by atoms with Crippen LogP contribution in [-0.4, -0.2) is 21.1 Å². The Balaban J connectivity index is 1.85. The van der Waals surface area contributed by atoms with Crippen LogP contribution in [-0.2, 0) is 0 Å². The summed E-state index contributed by atoms with van der Waals surface area (Å²) in [5, 5.41) is 12.4. The number of amides is 1. The molecule has 1 unspecified atom stereocenters. The molecule has 2 aromatic heterocycles. The lowest BCUT2D eigenvalue weighted by Crippen LogP contribution is -2.28. The average molecular weight is 330 g/mol. The van der Waals surface area contributed by atoms with Crippen molar-refractivity contribution in [3.8, 4) is 11.3 Å². The molecule has 0 fully saturated rings. The van der Waals surface area contributed by atoms with Gasteiger partial charge in [0.05, 0.1) is 23.5 Å². The summed E-state index contributed by atoms with van der Waals surface area (Å²) in [5.74, 6) is -0.627. The Morgan fingerprint density at radius 3 is 3.04 bits per heavy atom. The molecular formula is C16H15FN4OS. The summed E-state index contributed by atoms with van der Waals surface area (Å²) in [7, 11) is 0. The zero-order valence-electron chi connectivity index (χ0n) is 12.4. The van der Waals surface area contributed by atoms with Crippen molar-refractivity contribution >= 4 is 17.2 Å². The number of aromatic amines is 1. The van der Waals surface area contributed by atoms with Gasteiger partial charge in [0, 0.05) is 17.1 Å². The number of aromatic nitrogens is 3. The summed E-state index contributed by atoms with van der Waals surface area (Å²) in [5.41, 5.74) is 1.46. The molecule has 2 N–H and O–H groups in total. The van der Waals surface area contributed by atoms with Crippen LogP contribution in [0.15, 0.2) is 42.0 Å². The number of halogens is 1. The number of thiazole rings is 1. The first-order valence-corrected chi connectivity index (χ1v) is 8.06. The quantitative estimate of drug-likeness (QED) is 0.751. The van der Waals surface area contributed by atoms with E-state index in [1.54, 1.807) is 18.3 Å². The maximum atomic E-state index is 13.4. The maximum absolute atomic E-state index is 13.4. The van der Waals surface area contributed by atoms with Crippen molar-refractivity contribution in [3.05, 3.63) is 58.4 Å². The number of benzene rings is 1. The van der Waals surface area contributed by atoms with Gasteiger partial charge in [0.2, 0.25) is 0 Å². The largest absolute Gasteiger partial charge is 0.343 e. The van der Waals surface area contributed by atoms with Crippen LogP contribution in [0, 0.1) is 5.82 Å². The van der Waals surface area contributed by atoms with E-state index in [2.05, 4.69) is 20.5 Å². The van der Waals surface area contributed by atoms with Gasteiger partial charge < -0.3 is 5.32 Å². The molecule has 0 radical (unpaired) electrons. The fraction of sp³-hybridized carbons (Fsp3) is 0.188. The van der Waals surface area contributed by atoms with E-state index in [-0.39, 0.29) is 17.8 Å². The minimum atomic E-state index is -0.363. The first-order chi connectivity index (χ1) is 11.2. The summed E-state index contributed by atoms with van der Waals surface area (Å²) >= 11 is 1.50. The topological polar surface area (TPSA) is 70.7 Å². The number of H-pyrrole nitrogens is 1.